The van der Waals surface area contributed by atoms with Crippen LogP contribution in [0.5, 0.6) is 0 Å². The van der Waals surface area contributed by atoms with Gasteiger partial charge in [-0.25, -0.2) is 0 Å². The molecule has 2 atom stereocenters. The van der Waals surface area contributed by atoms with Gasteiger partial charge in [0.05, 0.1) is 6.10 Å². The highest BCUT2D eigenvalue weighted by Crippen LogP contribution is 2.17. The summed E-state index contributed by atoms with van der Waals surface area (Å²) < 4.78 is 5.81. The number of nitrogens with zero attached hydrogens (tertiary/aromatic N) is 1. The molecule has 2 unspecified atom stereocenters. The van der Waals surface area contributed by atoms with Crippen LogP contribution in [-0.2, 0) is 4.74 Å². The summed E-state index contributed by atoms with van der Waals surface area (Å²) in [6.07, 6.45) is 5.41. The minimum Gasteiger partial charge on any atom is -0.377 e. The van der Waals surface area contributed by atoms with Crippen LogP contribution in [0.4, 0.5) is 0 Å². The van der Waals surface area contributed by atoms with Gasteiger partial charge < -0.3 is 4.74 Å². The maximum Gasteiger partial charge on any atom is 0.0714 e. The molecule has 84 valence electrons. The van der Waals surface area contributed by atoms with E-state index in [2.05, 4.69) is 31.4 Å². The molecule has 14 heavy (non-hydrogen) atoms. The van der Waals surface area contributed by atoms with Crippen LogP contribution < -0.4 is 0 Å². The molecule has 1 rings (SSSR count). The Kier molecular flexibility index (Phi) is 5.90. The zero-order valence-corrected chi connectivity index (χ0v) is 10.3. The van der Waals surface area contributed by atoms with Crippen molar-refractivity contribution >= 4 is 12.6 Å². The van der Waals surface area contributed by atoms with Crippen molar-refractivity contribution < 1.29 is 4.74 Å². The van der Waals surface area contributed by atoms with Gasteiger partial charge >= 0.3 is 0 Å². The van der Waals surface area contributed by atoms with Gasteiger partial charge in [0.15, 0.2) is 0 Å². The number of hydrogen-bond donors (Lipinski definition) is 1. The van der Waals surface area contributed by atoms with Crippen LogP contribution >= 0.6 is 12.6 Å². The Morgan fingerprint density at radius 3 is 2.86 bits per heavy atom. The second-order valence-corrected chi connectivity index (χ2v) is 4.86. The zero-order chi connectivity index (χ0) is 10.4. The van der Waals surface area contributed by atoms with E-state index in [-0.39, 0.29) is 0 Å². The molecule has 0 aromatic rings. The summed E-state index contributed by atoms with van der Waals surface area (Å²) in [4.78, 5) is 2.37. The SMILES string of the molecule is CCCCCOC1CCN(C(C)S)C1. The predicted molar refractivity (Wildman–Crippen MR) is 63.9 cm³/mol. The Labute approximate surface area is 93.4 Å². The fraction of sp³-hybridized carbons (Fsp3) is 1.00. The highest BCUT2D eigenvalue weighted by Gasteiger charge is 2.24. The summed E-state index contributed by atoms with van der Waals surface area (Å²) in [5.74, 6) is 0. The third-order valence-electron chi connectivity index (χ3n) is 2.81. The van der Waals surface area contributed by atoms with Gasteiger partial charge in [-0.1, -0.05) is 19.8 Å². The molecule has 0 spiro atoms. The molecule has 0 N–H and O–H groups in total. The number of thiol groups is 1. The van der Waals surface area contributed by atoms with E-state index in [1.54, 1.807) is 0 Å². The van der Waals surface area contributed by atoms with Crippen molar-refractivity contribution in [2.45, 2.75) is 51.0 Å². The lowest BCUT2D eigenvalue weighted by molar-refractivity contribution is 0.0562. The quantitative estimate of drug-likeness (QED) is 0.542. The Balaban J connectivity index is 2.04. The molecule has 0 saturated carbocycles. The molecule has 1 fully saturated rings. The largest absolute Gasteiger partial charge is 0.377 e. The molecule has 1 heterocycles. The number of hydrogen-bond acceptors (Lipinski definition) is 3. The average Bonchev–Trinajstić information content (AvgIpc) is 2.61. The Hall–Kier alpha value is 0.270. The third-order valence-corrected chi connectivity index (χ3v) is 3.13. The molecule has 2 nitrogen and oxygen atoms in total. The van der Waals surface area contributed by atoms with Gasteiger partial charge in [-0.3, -0.25) is 4.90 Å². The van der Waals surface area contributed by atoms with Gasteiger partial charge in [0.1, 0.15) is 0 Å². The first-order valence-electron chi connectivity index (χ1n) is 5.77. The first-order chi connectivity index (χ1) is 6.74. The van der Waals surface area contributed by atoms with Gasteiger partial charge in [0, 0.05) is 25.1 Å². The van der Waals surface area contributed by atoms with E-state index in [1.165, 1.54) is 25.7 Å². The van der Waals surface area contributed by atoms with Crippen molar-refractivity contribution in [3.05, 3.63) is 0 Å². The molecular weight excluding hydrogens is 194 g/mol. The lowest BCUT2D eigenvalue weighted by atomic mass is 10.2. The van der Waals surface area contributed by atoms with Gasteiger partial charge in [0.2, 0.25) is 0 Å². The summed E-state index contributed by atoms with van der Waals surface area (Å²) in [5, 5.41) is 0.374. The minimum atomic E-state index is 0.374. The standard InChI is InChI=1S/C11H23NOS/c1-3-4-5-8-13-11-6-7-12(9-11)10(2)14/h10-11,14H,3-9H2,1-2H3. The Morgan fingerprint density at radius 1 is 1.50 bits per heavy atom. The van der Waals surface area contributed by atoms with Gasteiger partial charge in [0.25, 0.3) is 0 Å². The average molecular weight is 217 g/mol. The van der Waals surface area contributed by atoms with E-state index in [1.807, 2.05) is 0 Å². The van der Waals surface area contributed by atoms with E-state index >= 15 is 0 Å². The van der Waals surface area contributed by atoms with Crippen molar-refractivity contribution in [3.63, 3.8) is 0 Å². The van der Waals surface area contributed by atoms with Crippen LogP contribution in [0.2, 0.25) is 0 Å². The molecule has 0 amide bonds. The first-order valence-corrected chi connectivity index (χ1v) is 6.29. The molecule has 0 aliphatic carbocycles. The van der Waals surface area contributed by atoms with Gasteiger partial charge in [-0.2, -0.15) is 12.6 Å². The second-order valence-electron chi connectivity index (χ2n) is 4.12. The third kappa shape index (κ3) is 4.20. The minimum absolute atomic E-state index is 0.374. The molecule has 1 aliphatic rings. The van der Waals surface area contributed by atoms with Crippen LogP contribution in [-0.4, -0.2) is 36.1 Å². The van der Waals surface area contributed by atoms with Crippen molar-refractivity contribution in [1.29, 1.82) is 0 Å². The molecule has 0 aromatic heterocycles. The predicted octanol–water partition coefficient (Wildman–Crippen LogP) is 2.54. The highest BCUT2D eigenvalue weighted by molar-refractivity contribution is 7.80. The van der Waals surface area contributed by atoms with E-state index in [0.717, 1.165) is 19.7 Å². The summed E-state index contributed by atoms with van der Waals surface area (Å²) in [5.41, 5.74) is 0. The summed E-state index contributed by atoms with van der Waals surface area (Å²) in [6.45, 7) is 7.50. The number of rotatable bonds is 6. The van der Waals surface area contributed by atoms with Crippen LogP contribution in [0.15, 0.2) is 0 Å². The lowest BCUT2D eigenvalue weighted by Crippen LogP contribution is -2.28. The topological polar surface area (TPSA) is 12.5 Å². The van der Waals surface area contributed by atoms with Crippen LogP contribution in [0.3, 0.4) is 0 Å². The molecule has 0 radical (unpaired) electrons. The van der Waals surface area contributed by atoms with Gasteiger partial charge in [-0.05, 0) is 19.8 Å². The van der Waals surface area contributed by atoms with Crippen molar-refractivity contribution in [2.75, 3.05) is 19.7 Å². The number of ether oxygens (including phenoxy) is 1. The van der Waals surface area contributed by atoms with Crippen LogP contribution in [0, 0.1) is 0 Å². The molecule has 0 bridgehead atoms. The Morgan fingerprint density at radius 2 is 2.29 bits per heavy atom. The summed E-state index contributed by atoms with van der Waals surface area (Å²) in [6, 6.07) is 0. The number of likely N-dealkylation sites (tertiary alicyclic amines) is 1. The van der Waals surface area contributed by atoms with Crippen molar-refractivity contribution in [2.24, 2.45) is 0 Å². The first kappa shape index (κ1) is 12.3. The molecular formula is C11H23NOS. The molecule has 1 aliphatic heterocycles. The van der Waals surface area contributed by atoms with E-state index in [4.69, 9.17) is 4.74 Å². The smallest absolute Gasteiger partial charge is 0.0714 e. The van der Waals surface area contributed by atoms with Crippen molar-refractivity contribution in [3.8, 4) is 0 Å². The Bertz CT molecular complexity index is 152. The van der Waals surface area contributed by atoms with E-state index in [0.29, 0.717) is 11.5 Å². The summed E-state index contributed by atoms with van der Waals surface area (Å²) >= 11 is 4.43. The van der Waals surface area contributed by atoms with Crippen LogP contribution in [0.25, 0.3) is 0 Å². The lowest BCUT2D eigenvalue weighted by Gasteiger charge is -2.19. The monoisotopic (exact) mass is 217 g/mol. The fourth-order valence-corrected chi connectivity index (χ4v) is 2.04. The van der Waals surface area contributed by atoms with E-state index in [9.17, 15) is 0 Å². The van der Waals surface area contributed by atoms with Gasteiger partial charge in [-0.15, -0.1) is 0 Å². The molecule has 0 aromatic carbocycles. The number of unbranched alkanes of at least 4 members (excludes halogenated alkanes) is 2. The maximum absolute atomic E-state index is 5.81. The normalized spacial score (nSPS) is 25.5. The zero-order valence-electron chi connectivity index (χ0n) is 9.41. The highest BCUT2D eigenvalue weighted by atomic mass is 32.1. The summed E-state index contributed by atoms with van der Waals surface area (Å²) in [7, 11) is 0. The maximum atomic E-state index is 5.81. The van der Waals surface area contributed by atoms with E-state index < -0.39 is 0 Å². The fourth-order valence-electron chi connectivity index (χ4n) is 1.83. The second kappa shape index (κ2) is 6.70. The van der Waals surface area contributed by atoms with Crippen LogP contribution in [0.1, 0.15) is 39.5 Å². The molecule has 3 heteroatoms. The van der Waals surface area contributed by atoms with Crippen molar-refractivity contribution in [1.82, 2.24) is 4.90 Å². The molecule has 1 saturated heterocycles.